The van der Waals surface area contributed by atoms with E-state index in [2.05, 4.69) is 0 Å². The largest absolute Gasteiger partial charge is 0.443 e. The van der Waals surface area contributed by atoms with Crippen LogP contribution in [0.2, 0.25) is 0 Å². The Morgan fingerprint density at radius 1 is 1.12 bits per heavy atom. The van der Waals surface area contributed by atoms with Crippen LogP contribution >= 0.6 is 0 Å². The predicted octanol–water partition coefficient (Wildman–Crippen LogP) is 3.28. The molecule has 0 bridgehead atoms. The van der Waals surface area contributed by atoms with Gasteiger partial charge in [-0.1, -0.05) is 17.7 Å². The number of hydrogen-bond donors (Lipinski definition) is 1. The van der Waals surface area contributed by atoms with E-state index >= 15 is 0 Å². The summed E-state index contributed by atoms with van der Waals surface area (Å²) < 4.78 is 32.6. The first-order chi connectivity index (χ1) is 11.4. The van der Waals surface area contributed by atoms with Crippen molar-refractivity contribution < 1.29 is 17.9 Å². The number of nitrogens with two attached hydrogens (primary N) is 1. The lowest BCUT2D eigenvalue weighted by Crippen LogP contribution is -2.42. The van der Waals surface area contributed by atoms with Gasteiger partial charge in [0.15, 0.2) is 0 Å². The van der Waals surface area contributed by atoms with Crippen molar-refractivity contribution in [1.29, 1.82) is 0 Å². The molecule has 0 saturated carbocycles. The number of sulfonamides is 1. The predicted molar refractivity (Wildman–Crippen MR) is 99.1 cm³/mol. The maximum Gasteiger partial charge on any atom is 0.424 e. The number of amides is 1. The minimum absolute atomic E-state index is 0.0429. The molecule has 0 fully saturated rings. The molecule has 1 aromatic rings. The minimum Gasteiger partial charge on any atom is -0.443 e. The Bertz CT molecular complexity index is 698. The zero-order chi connectivity index (χ0) is 19.4. The molecule has 0 atom stereocenters. The normalized spacial score (nSPS) is 12.1. The summed E-state index contributed by atoms with van der Waals surface area (Å²) in [4.78, 5) is 12.7. The van der Waals surface area contributed by atoms with Gasteiger partial charge in [-0.25, -0.2) is 17.5 Å². The molecule has 6 nitrogen and oxygen atoms in total. The summed E-state index contributed by atoms with van der Waals surface area (Å²) in [5.74, 6) is 0. The average molecular weight is 371 g/mol. The van der Waals surface area contributed by atoms with E-state index in [9.17, 15) is 13.2 Å². The summed E-state index contributed by atoms with van der Waals surface area (Å²) in [5, 5.41) is 0. The van der Waals surface area contributed by atoms with Crippen molar-refractivity contribution in [2.45, 2.75) is 64.9 Å². The van der Waals surface area contributed by atoms with Crippen LogP contribution in [-0.2, 0) is 14.8 Å². The Morgan fingerprint density at radius 2 is 1.64 bits per heavy atom. The van der Waals surface area contributed by atoms with Gasteiger partial charge in [0.1, 0.15) is 5.60 Å². The van der Waals surface area contributed by atoms with Gasteiger partial charge in [0.25, 0.3) is 10.0 Å². The number of carbonyl (C=O) groups excluding carboxylic acids is 1. The molecule has 0 aromatic heterocycles. The van der Waals surface area contributed by atoms with E-state index in [0.29, 0.717) is 30.5 Å². The highest BCUT2D eigenvalue weighted by molar-refractivity contribution is 7.89. The molecular formula is C18H30N2O4S. The van der Waals surface area contributed by atoms with Crippen molar-refractivity contribution in [3.8, 4) is 0 Å². The molecule has 142 valence electrons. The molecule has 0 aliphatic carbocycles. The molecule has 0 heterocycles. The second kappa shape index (κ2) is 8.19. The molecule has 0 spiro atoms. The van der Waals surface area contributed by atoms with E-state index in [1.54, 1.807) is 46.8 Å². The van der Waals surface area contributed by atoms with Crippen molar-refractivity contribution in [2.75, 3.05) is 13.1 Å². The molecular weight excluding hydrogens is 340 g/mol. The molecule has 1 rings (SSSR count). The van der Waals surface area contributed by atoms with Crippen molar-refractivity contribution in [3.63, 3.8) is 0 Å². The summed E-state index contributed by atoms with van der Waals surface area (Å²) in [7, 11) is -4.01. The maximum atomic E-state index is 13.2. The van der Waals surface area contributed by atoms with Crippen LogP contribution in [0.5, 0.6) is 0 Å². The van der Waals surface area contributed by atoms with Crippen LogP contribution in [0.4, 0.5) is 4.79 Å². The Kier molecular flexibility index (Phi) is 7.02. The van der Waals surface area contributed by atoms with Crippen LogP contribution in [0.25, 0.3) is 0 Å². The molecule has 7 heteroatoms. The number of hydrogen-bond acceptors (Lipinski definition) is 5. The van der Waals surface area contributed by atoms with E-state index in [1.807, 2.05) is 6.92 Å². The van der Waals surface area contributed by atoms with Crippen LogP contribution in [0.3, 0.4) is 0 Å². The maximum absolute atomic E-state index is 13.2. The SMILES string of the molecule is Cc1cc(C)c(S(=O)(=O)N(CCCCN)C(=O)OC(C)(C)C)c(C)c1. The Morgan fingerprint density at radius 3 is 2.08 bits per heavy atom. The fourth-order valence-electron chi connectivity index (χ4n) is 2.71. The van der Waals surface area contributed by atoms with Crippen LogP contribution in [-0.4, -0.2) is 37.5 Å². The Balaban J connectivity index is 3.34. The number of carbonyl (C=O) groups is 1. The average Bonchev–Trinajstić information content (AvgIpc) is 2.39. The van der Waals surface area contributed by atoms with Crippen LogP contribution in [0.15, 0.2) is 17.0 Å². The quantitative estimate of drug-likeness (QED) is 0.776. The fourth-order valence-corrected chi connectivity index (χ4v) is 4.46. The van der Waals surface area contributed by atoms with E-state index < -0.39 is 21.7 Å². The Hall–Kier alpha value is -1.60. The topological polar surface area (TPSA) is 89.7 Å². The van der Waals surface area contributed by atoms with Crippen molar-refractivity contribution >= 4 is 16.1 Å². The molecule has 0 unspecified atom stereocenters. The lowest BCUT2D eigenvalue weighted by molar-refractivity contribution is 0.0389. The number of rotatable bonds is 6. The molecule has 0 aliphatic rings. The molecule has 2 N–H and O–H groups in total. The monoisotopic (exact) mass is 370 g/mol. The van der Waals surface area contributed by atoms with Gasteiger partial charge in [-0.3, -0.25) is 0 Å². The molecule has 0 saturated heterocycles. The van der Waals surface area contributed by atoms with E-state index in [4.69, 9.17) is 10.5 Å². The van der Waals surface area contributed by atoms with Crippen molar-refractivity contribution in [1.82, 2.24) is 4.31 Å². The zero-order valence-corrected chi connectivity index (χ0v) is 16.9. The number of aryl methyl sites for hydroxylation is 3. The molecule has 1 aromatic carbocycles. The van der Waals surface area contributed by atoms with Crippen LogP contribution in [0, 0.1) is 20.8 Å². The first-order valence-corrected chi connectivity index (χ1v) is 9.88. The smallest absolute Gasteiger partial charge is 0.424 e. The first kappa shape index (κ1) is 21.4. The first-order valence-electron chi connectivity index (χ1n) is 8.44. The highest BCUT2D eigenvalue weighted by Gasteiger charge is 2.34. The van der Waals surface area contributed by atoms with Gasteiger partial charge >= 0.3 is 6.09 Å². The molecule has 0 aliphatic heterocycles. The van der Waals surface area contributed by atoms with E-state index in [1.165, 1.54) is 0 Å². The van der Waals surface area contributed by atoms with Gasteiger partial charge in [-0.2, -0.15) is 0 Å². The Labute approximate surface area is 151 Å². The molecule has 1 amide bonds. The second-order valence-corrected chi connectivity index (χ2v) is 9.08. The van der Waals surface area contributed by atoms with E-state index in [-0.39, 0.29) is 11.4 Å². The number of ether oxygens (including phenoxy) is 1. The van der Waals surface area contributed by atoms with Crippen molar-refractivity contribution in [3.05, 3.63) is 28.8 Å². The lowest BCUT2D eigenvalue weighted by atomic mass is 10.1. The third kappa shape index (κ3) is 5.71. The molecule has 25 heavy (non-hydrogen) atoms. The van der Waals surface area contributed by atoms with Gasteiger partial charge in [-0.15, -0.1) is 0 Å². The highest BCUT2D eigenvalue weighted by Crippen LogP contribution is 2.27. The summed E-state index contributed by atoms with van der Waals surface area (Å²) >= 11 is 0. The van der Waals surface area contributed by atoms with Crippen LogP contribution < -0.4 is 5.73 Å². The third-order valence-corrected chi connectivity index (χ3v) is 5.64. The minimum atomic E-state index is -4.01. The highest BCUT2D eigenvalue weighted by atomic mass is 32.2. The number of benzene rings is 1. The van der Waals surface area contributed by atoms with Crippen LogP contribution in [0.1, 0.15) is 50.3 Å². The standard InChI is InChI=1S/C18H30N2O4S/c1-13-11-14(2)16(15(3)12-13)25(22,23)20(10-8-7-9-19)17(21)24-18(4,5)6/h11-12H,7-10,19H2,1-6H3. The fraction of sp³-hybridized carbons (Fsp3) is 0.611. The summed E-state index contributed by atoms with van der Waals surface area (Å²) in [6.07, 6.45) is 0.253. The van der Waals surface area contributed by atoms with Gasteiger partial charge in [0, 0.05) is 6.54 Å². The number of unbranched alkanes of at least 4 members (excludes halogenated alkanes) is 1. The van der Waals surface area contributed by atoms with Gasteiger partial charge in [0.2, 0.25) is 0 Å². The summed E-state index contributed by atoms with van der Waals surface area (Å²) in [6.45, 7) is 11.0. The van der Waals surface area contributed by atoms with Crippen molar-refractivity contribution in [2.24, 2.45) is 5.73 Å². The molecule has 0 radical (unpaired) electrons. The van der Waals surface area contributed by atoms with E-state index in [0.717, 1.165) is 9.87 Å². The van der Waals surface area contributed by atoms with Gasteiger partial charge in [-0.05, 0) is 72.1 Å². The second-order valence-electron chi connectivity index (χ2n) is 7.28. The third-order valence-electron chi connectivity index (χ3n) is 3.57. The zero-order valence-electron chi connectivity index (χ0n) is 16.0. The van der Waals surface area contributed by atoms with Gasteiger partial charge in [0.05, 0.1) is 4.90 Å². The number of nitrogens with zero attached hydrogens (tertiary/aromatic N) is 1. The lowest BCUT2D eigenvalue weighted by Gasteiger charge is -2.28. The summed E-state index contributed by atoms with van der Waals surface area (Å²) in [6, 6.07) is 3.60. The van der Waals surface area contributed by atoms with Gasteiger partial charge < -0.3 is 10.5 Å². The summed E-state index contributed by atoms with van der Waals surface area (Å²) in [5.41, 5.74) is 6.92.